The van der Waals surface area contributed by atoms with Crippen LogP contribution in [0.3, 0.4) is 0 Å². The van der Waals surface area contributed by atoms with Crippen LogP contribution in [0.2, 0.25) is 0 Å². The molecule has 8 rings (SSSR count). The van der Waals surface area contributed by atoms with Crippen molar-refractivity contribution in [2.24, 2.45) is 0 Å². The molecule has 0 radical (unpaired) electrons. The normalized spacial score (nSPS) is 11.5. The van der Waals surface area contributed by atoms with Gasteiger partial charge in [0.2, 0.25) is 5.89 Å². The molecule has 4 aromatic heterocycles. The number of hydrogen-bond acceptors (Lipinski definition) is 4. The number of oxazole rings is 1. The number of nitrogens with zero attached hydrogens (tertiary/aromatic N) is 4. The molecule has 0 saturated heterocycles. The first-order valence-corrected chi connectivity index (χ1v) is 13.2. The molecule has 5 nitrogen and oxygen atoms in total. The number of benzene rings is 4. The zero-order valence-electron chi connectivity index (χ0n) is 21.4. The molecule has 0 aliphatic carbocycles. The van der Waals surface area contributed by atoms with Crippen LogP contribution >= 0.6 is 0 Å². The Balaban J connectivity index is 1.27. The van der Waals surface area contributed by atoms with E-state index in [0.717, 1.165) is 55.9 Å². The van der Waals surface area contributed by atoms with E-state index in [1.165, 1.54) is 10.8 Å². The Morgan fingerprint density at radius 2 is 1.38 bits per heavy atom. The molecule has 0 fully saturated rings. The minimum Gasteiger partial charge on any atom is -0.436 e. The summed E-state index contributed by atoms with van der Waals surface area (Å²) in [7, 11) is 0. The van der Waals surface area contributed by atoms with E-state index in [1.54, 1.807) is 6.20 Å². The van der Waals surface area contributed by atoms with Gasteiger partial charge in [-0.05, 0) is 66.7 Å². The predicted molar refractivity (Wildman–Crippen MR) is 160 cm³/mol. The molecular formula is C35H22N4O. The van der Waals surface area contributed by atoms with Crippen LogP contribution in [0.1, 0.15) is 0 Å². The van der Waals surface area contributed by atoms with E-state index in [1.807, 2.05) is 48.7 Å². The van der Waals surface area contributed by atoms with Gasteiger partial charge in [0, 0.05) is 45.5 Å². The van der Waals surface area contributed by atoms with E-state index >= 15 is 0 Å². The fourth-order valence-electron chi connectivity index (χ4n) is 5.43. The number of aromatic nitrogens is 4. The smallest absolute Gasteiger partial charge is 0.227 e. The second-order valence-corrected chi connectivity index (χ2v) is 9.77. The highest BCUT2D eigenvalue weighted by Gasteiger charge is 2.16. The molecule has 0 aliphatic rings. The first-order valence-electron chi connectivity index (χ1n) is 13.2. The average molecular weight is 515 g/mol. The SMILES string of the molecule is c1ccc(-c2ccc(-c3cccc(-n4c5ccccc5c5ccc(-c6nc7ccccc7o6)cc54)c3)nc2)nc1. The molecule has 4 heterocycles. The topological polar surface area (TPSA) is 56.7 Å². The molecule has 0 atom stereocenters. The van der Waals surface area contributed by atoms with Gasteiger partial charge in [0.25, 0.3) is 0 Å². The lowest BCUT2D eigenvalue weighted by molar-refractivity contribution is 0.620. The largest absolute Gasteiger partial charge is 0.436 e. The van der Waals surface area contributed by atoms with Gasteiger partial charge in [-0.25, -0.2) is 4.98 Å². The lowest BCUT2D eigenvalue weighted by Crippen LogP contribution is -1.95. The monoisotopic (exact) mass is 514 g/mol. The third-order valence-electron chi connectivity index (χ3n) is 7.34. The highest BCUT2D eigenvalue weighted by atomic mass is 16.3. The van der Waals surface area contributed by atoms with Crippen LogP contribution in [0.5, 0.6) is 0 Å². The van der Waals surface area contributed by atoms with E-state index in [4.69, 9.17) is 14.4 Å². The molecule has 0 bridgehead atoms. The van der Waals surface area contributed by atoms with E-state index in [-0.39, 0.29) is 0 Å². The van der Waals surface area contributed by atoms with Gasteiger partial charge in [-0.3, -0.25) is 9.97 Å². The minimum absolute atomic E-state index is 0.617. The lowest BCUT2D eigenvalue weighted by atomic mass is 10.1. The first kappa shape index (κ1) is 22.4. The minimum atomic E-state index is 0.617. The Morgan fingerprint density at radius 1 is 0.550 bits per heavy atom. The molecule has 8 aromatic rings. The summed E-state index contributed by atoms with van der Waals surface area (Å²) >= 11 is 0. The van der Waals surface area contributed by atoms with Crippen LogP contribution < -0.4 is 0 Å². The first-order chi connectivity index (χ1) is 19.8. The van der Waals surface area contributed by atoms with Gasteiger partial charge in [0.1, 0.15) is 5.52 Å². The Labute approximate surface area is 230 Å². The van der Waals surface area contributed by atoms with Crippen molar-refractivity contribution in [3.8, 4) is 39.7 Å². The highest BCUT2D eigenvalue weighted by molar-refractivity contribution is 6.10. The molecule has 0 amide bonds. The number of hydrogen-bond donors (Lipinski definition) is 0. The van der Waals surface area contributed by atoms with Crippen molar-refractivity contribution >= 4 is 32.9 Å². The third-order valence-corrected chi connectivity index (χ3v) is 7.34. The van der Waals surface area contributed by atoms with Crippen LogP contribution in [-0.4, -0.2) is 19.5 Å². The van der Waals surface area contributed by atoms with Crippen molar-refractivity contribution in [3.05, 3.63) is 134 Å². The Bertz CT molecular complexity index is 2130. The van der Waals surface area contributed by atoms with E-state index in [2.05, 4.69) is 88.4 Å². The maximum atomic E-state index is 6.11. The second kappa shape index (κ2) is 9.03. The van der Waals surface area contributed by atoms with Crippen molar-refractivity contribution in [3.63, 3.8) is 0 Å². The fourth-order valence-corrected chi connectivity index (χ4v) is 5.43. The van der Waals surface area contributed by atoms with Gasteiger partial charge < -0.3 is 8.98 Å². The van der Waals surface area contributed by atoms with Gasteiger partial charge >= 0.3 is 0 Å². The van der Waals surface area contributed by atoms with Crippen molar-refractivity contribution in [2.45, 2.75) is 0 Å². The molecule has 4 aromatic carbocycles. The Morgan fingerprint density at radius 3 is 2.25 bits per heavy atom. The summed E-state index contributed by atoms with van der Waals surface area (Å²) in [5, 5.41) is 2.38. The molecule has 0 aliphatic heterocycles. The van der Waals surface area contributed by atoms with E-state index in [0.29, 0.717) is 5.89 Å². The Kier molecular flexibility index (Phi) is 5.07. The van der Waals surface area contributed by atoms with Gasteiger partial charge in [-0.2, -0.15) is 0 Å². The number of pyridine rings is 2. The van der Waals surface area contributed by atoms with Crippen LogP contribution in [0.15, 0.2) is 138 Å². The molecular weight excluding hydrogens is 492 g/mol. The van der Waals surface area contributed by atoms with E-state index < -0.39 is 0 Å². The molecule has 0 saturated carbocycles. The summed E-state index contributed by atoms with van der Waals surface area (Å²) in [6.07, 6.45) is 3.69. The summed E-state index contributed by atoms with van der Waals surface area (Å²) in [5.41, 5.74) is 9.74. The van der Waals surface area contributed by atoms with Crippen molar-refractivity contribution in [1.29, 1.82) is 0 Å². The molecule has 5 heteroatoms. The standard InChI is InChI=1S/C35H22N4O/c1-3-13-32-27(10-1)28-17-15-24(35-38-31-12-2-4-14-34(31)40-35)21-33(28)39(32)26-9-7-8-23(20-26)30-18-16-25(22-37-30)29-11-5-6-19-36-29/h1-22H. The number of para-hydroxylation sites is 3. The van der Waals surface area contributed by atoms with Gasteiger partial charge in [0.05, 0.1) is 22.4 Å². The predicted octanol–water partition coefficient (Wildman–Crippen LogP) is 8.72. The van der Waals surface area contributed by atoms with Gasteiger partial charge in [-0.1, -0.05) is 54.6 Å². The third kappa shape index (κ3) is 3.68. The van der Waals surface area contributed by atoms with Gasteiger partial charge in [-0.15, -0.1) is 0 Å². The summed E-state index contributed by atoms with van der Waals surface area (Å²) in [5.74, 6) is 0.617. The number of rotatable bonds is 4. The Hall–Kier alpha value is -5.55. The van der Waals surface area contributed by atoms with Crippen LogP contribution in [0.4, 0.5) is 0 Å². The van der Waals surface area contributed by atoms with Crippen LogP contribution in [-0.2, 0) is 0 Å². The molecule has 0 unspecified atom stereocenters. The van der Waals surface area contributed by atoms with E-state index in [9.17, 15) is 0 Å². The van der Waals surface area contributed by atoms with Crippen molar-refractivity contribution in [1.82, 2.24) is 19.5 Å². The summed E-state index contributed by atoms with van der Waals surface area (Å²) in [4.78, 5) is 14.0. The lowest BCUT2D eigenvalue weighted by Gasteiger charge is -2.11. The van der Waals surface area contributed by atoms with Gasteiger partial charge in [0.15, 0.2) is 5.58 Å². The summed E-state index contributed by atoms with van der Waals surface area (Å²) in [6, 6.07) is 41.4. The van der Waals surface area contributed by atoms with Crippen molar-refractivity contribution < 1.29 is 4.42 Å². The quantitative estimate of drug-likeness (QED) is 0.236. The average Bonchev–Trinajstić information content (AvgIpc) is 3.61. The summed E-state index contributed by atoms with van der Waals surface area (Å²) in [6.45, 7) is 0. The van der Waals surface area contributed by atoms with Crippen LogP contribution in [0.25, 0.3) is 72.6 Å². The zero-order valence-corrected chi connectivity index (χ0v) is 21.4. The number of fused-ring (bicyclic) bond motifs is 4. The fraction of sp³-hybridized carbons (Fsp3) is 0. The maximum absolute atomic E-state index is 6.11. The molecule has 188 valence electrons. The zero-order chi connectivity index (χ0) is 26.5. The highest BCUT2D eigenvalue weighted by Crippen LogP contribution is 2.36. The van der Waals surface area contributed by atoms with Crippen molar-refractivity contribution in [2.75, 3.05) is 0 Å². The van der Waals surface area contributed by atoms with Crippen LogP contribution in [0, 0.1) is 0 Å². The second-order valence-electron chi connectivity index (χ2n) is 9.77. The molecule has 0 spiro atoms. The molecule has 0 N–H and O–H groups in total. The molecule has 40 heavy (non-hydrogen) atoms. The maximum Gasteiger partial charge on any atom is 0.227 e. The summed E-state index contributed by atoms with van der Waals surface area (Å²) < 4.78 is 8.42.